The highest BCUT2D eigenvalue weighted by molar-refractivity contribution is 5.86. The summed E-state index contributed by atoms with van der Waals surface area (Å²) < 4.78 is 0. The predicted octanol–water partition coefficient (Wildman–Crippen LogP) is 1.35. The number of H-pyrrole nitrogens is 1. The SMILES string of the molecule is CCCc1[nH]nc2c(NC)ncnc12. The summed E-state index contributed by atoms with van der Waals surface area (Å²) in [5.74, 6) is 0.772. The zero-order valence-corrected chi connectivity index (χ0v) is 8.33. The van der Waals surface area contributed by atoms with Crippen molar-refractivity contribution in [2.45, 2.75) is 19.8 Å². The molecule has 0 saturated carbocycles. The quantitative estimate of drug-likeness (QED) is 0.768. The average Bonchev–Trinajstić information content (AvgIpc) is 2.62. The number of fused-ring (bicyclic) bond motifs is 1. The largest absolute Gasteiger partial charge is 0.371 e. The van der Waals surface area contributed by atoms with E-state index >= 15 is 0 Å². The zero-order valence-electron chi connectivity index (χ0n) is 8.33. The van der Waals surface area contributed by atoms with Gasteiger partial charge in [0.1, 0.15) is 11.8 Å². The van der Waals surface area contributed by atoms with E-state index in [4.69, 9.17) is 0 Å². The van der Waals surface area contributed by atoms with Crippen molar-refractivity contribution in [1.82, 2.24) is 20.2 Å². The number of aromatic nitrogens is 4. The van der Waals surface area contributed by atoms with Crippen LogP contribution >= 0.6 is 0 Å². The minimum atomic E-state index is 0.772. The molecule has 74 valence electrons. The van der Waals surface area contributed by atoms with Gasteiger partial charge in [-0.1, -0.05) is 13.3 Å². The van der Waals surface area contributed by atoms with Crippen LogP contribution < -0.4 is 5.32 Å². The molecule has 0 atom stereocenters. The lowest BCUT2D eigenvalue weighted by molar-refractivity contribution is 0.871. The number of aromatic amines is 1. The summed E-state index contributed by atoms with van der Waals surface area (Å²) >= 11 is 0. The Kier molecular flexibility index (Phi) is 2.30. The van der Waals surface area contributed by atoms with E-state index in [2.05, 4.69) is 32.4 Å². The molecule has 5 heteroatoms. The van der Waals surface area contributed by atoms with Crippen LogP contribution in [0.4, 0.5) is 5.82 Å². The van der Waals surface area contributed by atoms with Crippen LogP contribution in [0.5, 0.6) is 0 Å². The number of hydrogen-bond donors (Lipinski definition) is 2. The Morgan fingerprint density at radius 3 is 2.93 bits per heavy atom. The highest BCUT2D eigenvalue weighted by Gasteiger charge is 2.09. The topological polar surface area (TPSA) is 66.5 Å². The van der Waals surface area contributed by atoms with Crippen LogP contribution in [0.15, 0.2) is 6.33 Å². The number of hydrogen-bond acceptors (Lipinski definition) is 4. The van der Waals surface area contributed by atoms with E-state index in [0.29, 0.717) is 0 Å². The molecule has 5 nitrogen and oxygen atoms in total. The van der Waals surface area contributed by atoms with Crippen LogP contribution in [0.1, 0.15) is 19.0 Å². The molecule has 0 bridgehead atoms. The van der Waals surface area contributed by atoms with Crippen LogP contribution in [0, 0.1) is 0 Å². The lowest BCUT2D eigenvalue weighted by Gasteiger charge is -1.98. The lowest BCUT2D eigenvalue weighted by Crippen LogP contribution is -1.94. The van der Waals surface area contributed by atoms with E-state index in [1.165, 1.54) is 0 Å². The molecule has 0 unspecified atom stereocenters. The first-order valence-electron chi connectivity index (χ1n) is 4.72. The van der Waals surface area contributed by atoms with Crippen molar-refractivity contribution in [3.05, 3.63) is 12.0 Å². The van der Waals surface area contributed by atoms with Gasteiger partial charge in [-0.15, -0.1) is 0 Å². The second-order valence-corrected chi connectivity index (χ2v) is 3.12. The van der Waals surface area contributed by atoms with Gasteiger partial charge in [0.25, 0.3) is 0 Å². The molecule has 2 aromatic heterocycles. The van der Waals surface area contributed by atoms with Gasteiger partial charge in [-0.25, -0.2) is 9.97 Å². The fourth-order valence-electron chi connectivity index (χ4n) is 1.49. The summed E-state index contributed by atoms with van der Waals surface area (Å²) in [7, 11) is 1.83. The Hall–Kier alpha value is -1.65. The molecule has 0 fully saturated rings. The second kappa shape index (κ2) is 3.61. The fraction of sp³-hybridized carbons (Fsp3) is 0.444. The van der Waals surface area contributed by atoms with Gasteiger partial charge < -0.3 is 5.32 Å². The third-order valence-corrected chi connectivity index (χ3v) is 2.15. The molecule has 0 aliphatic rings. The molecular weight excluding hydrogens is 178 g/mol. The molecule has 0 aromatic carbocycles. The van der Waals surface area contributed by atoms with Crippen molar-refractivity contribution in [2.75, 3.05) is 12.4 Å². The van der Waals surface area contributed by atoms with E-state index in [9.17, 15) is 0 Å². The first-order chi connectivity index (χ1) is 6.86. The second-order valence-electron chi connectivity index (χ2n) is 3.12. The number of anilines is 1. The van der Waals surface area contributed by atoms with Crippen LogP contribution in [0.2, 0.25) is 0 Å². The van der Waals surface area contributed by atoms with Gasteiger partial charge in [-0.05, 0) is 6.42 Å². The van der Waals surface area contributed by atoms with E-state index in [0.717, 1.165) is 35.4 Å². The summed E-state index contributed by atoms with van der Waals surface area (Å²) in [5.41, 5.74) is 2.83. The first kappa shape index (κ1) is 8.93. The fourth-order valence-corrected chi connectivity index (χ4v) is 1.49. The molecule has 2 heterocycles. The number of nitrogens with one attached hydrogen (secondary N) is 2. The minimum Gasteiger partial charge on any atom is -0.371 e. The highest BCUT2D eigenvalue weighted by Crippen LogP contribution is 2.19. The maximum absolute atomic E-state index is 4.22. The van der Waals surface area contributed by atoms with Crippen LogP contribution in [0.3, 0.4) is 0 Å². The molecular formula is C9H13N5. The third-order valence-electron chi connectivity index (χ3n) is 2.15. The molecule has 14 heavy (non-hydrogen) atoms. The molecule has 0 aliphatic heterocycles. The highest BCUT2D eigenvalue weighted by atomic mass is 15.2. The normalized spacial score (nSPS) is 10.7. The standard InChI is InChI=1S/C9H13N5/c1-3-4-6-7-8(14-13-6)9(10-2)12-5-11-7/h5H,3-4H2,1-2H3,(H,13,14)(H,10,11,12). The molecule has 0 aliphatic carbocycles. The van der Waals surface area contributed by atoms with Gasteiger partial charge >= 0.3 is 0 Å². The Bertz CT molecular complexity index is 434. The van der Waals surface area contributed by atoms with Gasteiger partial charge in [-0.2, -0.15) is 5.10 Å². The van der Waals surface area contributed by atoms with Crippen molar-refractivity contribution in [3.8, 4) is 0 Å². The Balaban J connectivity index is 2.57. The molecule has 0 saturated heterocycles. The summed E-state index contributed by atoms with van der Waals surface area (Å²) in [6, 6.07) is 0. The lowest BCUT2D eigenvalue weighted by atomic mass is 10.2. The van der Waals surface area contributed by atoms with E-state index < -0.39 is 0 Å². The summed E-state index contributed by atoms with van der Waals surface area (Å²) in [6.45, 7) is 2.13. The summed E-state index contributed by atoms with van der Waals surface area (Å²) in [6.07, 6.45) is 3.61. The van der Waals surface area contributed by atoms with Crippen molar-refractivity contribution in [2.24, 2.45) is 0 Å². The first-order valence-corrected chi connectivity index (χ1v) is 4.72. The predicted molar refractivity (Wildman–Crippen MR) is 55.2 cm³/mol. The molecule has 2 rings (SSSR count). The van der Waals surface area contributed by atoms with Gasteiger partial charge in [0.2, 0.25) is 0 Å². The number of aryl methyl sites for hydroxylation is 1. The maximum Gasteiger partial charge on any atom is 0.157 e. The van der Waals surface area contributed by atoms with Gasteiger partial charge in [0, 0.05) is 7.05 Å². The monoisotopic (exact) mass is 191 g/mol. The Morgan fingerprint density at radius 1 is 1.36 bits per heavy atom. The molecule has 0 amide bonds. The van der Waals surface area contributed by atoms with E-state index in [1.807, 2.05) is 7.05 Å². The molecule has 2 N–H and O–H groups in total. The van der Waals surface area contributed by atoms with Gasteiger partial charge in [0.15, 0.2) is 11.3 Å². The Morgan fingerprint density at radius 2 is 2.21 bits per heavy atom. The van der Waals surface area contributed by atoms with Gasteiger partial charge in [0.05, 0.1) is 5.69 Å². The van der Waals surface area contributed by atoms with E-state index in [1.54, 1.807) is 6.33 Å². The molecule has 2 aromatic rings. The van der Waals surface area contributed by atoms with Crippen molar-refractivity contribution in [3.63, 3.8) is 0 Å². The van der Waals surface area contributed by atoms with Crippen molar-refractivity contribution in [1.29, 1.82) is 0 Å². The average molecular weight is 191 g/mol. The van der Waals surface area contributed by atoms with Crippen molar-refractivity contribution >= 4 is 16.9 Å². The van der Waals surface area contributed by atoms with Crippen LogP contribution in [-0.4, -0.2) is 27.2 Å². The zero-order chi connectivity index (χ0) is 9.97. The maximum atomic E-state index is 4.22. The molecule has 0 radical (unpaired) electrons. The molecule has 0 spiro atoms. The minimum absolute atomic E-state index is 0.772. The summed E-state index contributed by atoms with van der Waals surface area (Å²) in [5, 5.41) is 10.2. The Labute approximate surface area is 82.0 Å². The number of rotatable bonds is 3. The van der Waals surface area contributed by atoms with Crippen LogP contribution in [-0.2, 0) is 6.42 Å². The smallest absolute Gasteiger partial charge is 0.157 e. The number of nitrogens with zero attached hydrogens (tertiary/aromatic N) is 3. The third kappa shape index (κ3) is 1.30. The van der Waals surface area contributed by atoms with Crippen LogP contribution in [0.25, 0.3) is 11.0 Å². The summed E-state index contributed by atoms with van der Waals surface area (Å²) in [4.78, 5) is 8.32. The van der Waals surface area contributed by atoms with Crippen molar-refractivity contribution < 1.29 is 0 Å². The van der Waals surface area contributed by atoms with E-state index in [-0.39, 0.29) is 0 Å². The van der Waals surface area contributed by atoms with Gasteiger partial charge in [-0.3, -0.25) is 5.10 Å².